The maximum Gasteiger partial charge on any atom is 0.262 e. The van der Waals surface area contributed by atoms with Gasteiger partial charge in [0.2, 0.25) is 0 Å². The van der Waals surface area contributed by atoms with Gasteiger partial charge in [0.15, 0.2) is 11.5 Å². The maximum atomic E-state index is 13.7. The fourth-order valence-electron chi connectivity index (χ4n) is 5.76. The summed E-state index contributed by atoms with van der Waals surface area (Å²) >= 11 is 12.5. The Bertz CT molecular complexity index is 1070. The number of hydrogen-bond acceptors (Lipinski definition) is 3. The summed E-state index contributed by atoms with van der Waals surface area (Å²) in [7, 11) is 1.73. The Morgan fingerprint density at radius 3 is 2.33 bits per heavy atom. The van der Waals surface area contributed by atoms with E-state index in [9.17, 15) is 4.79 Å². The Morgan fingerprint density at radius 2 is 1.73 bits per heavy atom. The second kappa shape index (κ2) is 6.73. The minimum absolute atomic E-state index is 0.00502. The molecule has 156 valence electrons. The van der Waals surface area contributed by atoms with Gasteiger partial charge in [-0.05, 0) is 71.7 Å². The Kier molecular flexibility index (Phi) is 4.46. The predicted octanol–water partition coefficient (Wildman–Crippen LogP) is 5.40. The molecular formula is C24H25Cl2N3O. The Labute approximate surface area is 187 Å². The highest BCUT2D eigenvalue weighted by molar-refractivity contribution is 6.35. The van der Waals surface area contributed by atoms with Crippen LogP contribution < -0.4 is 5.73 Å². The van der Waals surface area contributed by atoms with E-state index in [2.05, 4.69) is 25.1 Å². The molecule has 0 bridgehead atoms. The van der Waals surface area contributed by atoms with E-state index < -0.39 is 5.54 Å². The van der Waals surface area contributed by atoms with Crippen LogP contribution in [0.3, 0.4) is 0 Å². The summed E-state index contributed by atoms with van der Waals surface area (Å²) in [4.78, 5) is 20.1. The third-order valence-electron chi connectivity index (χ3n) is 7.46. The molecule has 30 heavy (non-hydrogen) atoms. The number of carbonyl (C=O) groups excluding carboxylic acids is 1. The van der Waals surface area contributed by atoms with Gasteiger partial charge < -0.3 is 5.73 Å². The summed E-state index contributed by atoms with van der Waals surface area (Å²) < 4.78 is 0. The van der Waals surface area contributed by atoms with E-state index in [1.165, 1.54) is 10.5 Å². The zero-order valence-electron chi connectivity index (χ0n) is 17.2. The molecule has 2 N–H and O–H groups in total. The number of nitrogens with zero attached hydrogens (tertiary/aromatic N) is 2. The lowest BCUT2D eigenvalue weighted by molar-refractivity contribution is -0.136. The van der Waals surface area contributed by atoms with E-state index in [4.69, 9.17) is 33.9 Å². The van der Waals surface area contributed by atoms with Crippen molar-refractivity contribution in [3.05, 3.63) is 57.6 Å². The van der Waals surface area contributed by atoms with E-state index in [-0.39, 0.29) is 11.3 Å². The van der Waals surface area contributed by atoms with Gasteiger partial charge in [-0.2, -0.15) is 0 Å². The second-order valence-electron chi connectivity index (χ2n) is 9.21. The Hall–Kier alpha value is -2.04. The molecule has 1 atom stereocenters. The summed E-state index contributed by atoms with van der Waals surface area (Å²) in [6.07, 6.45) is 5.05. The summed E-state index contributed by atoms with van der Waals surface area (Å²) in [5, 5.41) is 1.17. The zero-order valence-corrected chi connectivity index (χ0v) is 18.7. The molecule has 4 nitrogen and oxygen atoms in total. The molecule has 1 fully saturated rings. The molecule has 2 spiro atoms. The molecular weight excluding hydrogens is 417 g/mol. The first-order chi connectivity index (χ1) is 14.3. The maximum absolute atomic E-state index is 13.7. The van der Waals surface area contributed by atoms with Crippen LogP contribution in [0.4, 0.5) is 0 Å². The number of halogens is 2. The largest absolute Gasteiger partial charge is 0.369 e. The Morgan fingerprint density at radius 1 is 1.07 bits per heavy atom. The summed E-state index contributed by atoms with van der Waals surface area (Å²) in [5.41, 5.74) is 9.16. The minimum Gasteiger partial charge on any atom is -0.369 e. The molecule has 6 heteroatoms. The molecule has 3 aliphatic rings. The predicted molar refractivity (Wildman–Crippen MR) is 122 cm³/mol. The van der Waals surface area contributed by atoms with Gasteiger partial charge in [0.05, 0.1) is 0 Å². The van der Waals surface area contributed by atoms with Crippen LogP contribution in [0.2, 0.25) is 10.0 Å². The monoisotopic (exact) mass is 441 g/mol. The highest BCUT2D eigenvalue weighted by atomic mass is 35.5. The van der Waals surface area contributed by atoms with Gasteiger partial charge in [0.25, 0.3) is 5.91 Å². The fraction of sp³-hybridized carbons (Fsp3) is 0.417. The van der Waals surface area contributed by atoms with Crippen molar-refractivity contribution in [1.82, 2.24) is 4.90 Å². The highest BCUT2D eigenvalue weighted by Crippen LogP contribution is 2.62. The van der Waals surface area contributed by atoms with Gasteiger partial charge in [0.1, 0.15) is 0 Å². The molecule has 0 radical (unpaired) electrons. The molecule has 1 unspecified atom stereocenters. The van der Waals surface area contributed by atoms with E-state index in [0.29, 0.717) is 21.9 Å². The lowest BCUT2D eigenvalue weighted by atomic mass is 9.60. The minimum atomic E-state index is -0.931. The molecule has 0 saturated heterocycles. The van der Waals surface area contributed by atoms with Crippen molar-refractivity contribution in [3.8, 4) is 11.1 Å². The molecule has 2 aliphatic carbocycles. The van der Waals surface area contributed by atoms with Gasteiger partial charge in [0, 0.05) is 22.5 Å². The number of fused-ring (bicyclic) bond motifs is 3. The number of amides is 1. The quantitative estimate of drug-likeness (QED) is 0.644. The first kappa shape index (κ1) is 19.9. The number of guanidine groups is 1. The van der Waals surface area contributed by atoms with Crippen LogP contribution >= 0.6 is 23.2 Å². The van der Waals surface area contributed by atoms with Crippen molar-refractivity contribution in [3.63, 3.8) is 0 Å². The van der Waals surface area contributed by atoms with Crippen LogP contribution in [0.1, 0.15) is 43.7 Å². The van der Waals surface area contributed by atoms with E-state index in [1.807, 2.05) is 12.1 Å². The van der Waals surface area contributed by atoms with E-state index >= 15 is 0 Å². The SMILES string of the molecule is CC1CCC2(CC1)Cc1ccc(-c3cc(Cl)cc(Cl)c3)cc1C21N=C(N)N(C)C1=O. The number of benzene rings is 2. The van der Waals surface area contributed by atoms with Crippen molar-refractivity contribution in [2.24, 2.45) is 22.1 Å². The van der Waals surface area contributed by atoms with Crippen molar-refractivity contribution >= 4 is 35.1 Å². The van der Waals surface area contributed by atoms with Gasteiger partial charge >= 0.3 is 0 Å². The zero-order chi connectivity index (χ0) is 21.3. The molecule has 1 saturated carbocycles. The molecule has 2 aromatic carbocycles. The number of nitrogens with two attached hydrogens (primary N) is 1. The van der Waals surface area contributed by atoms with E-state index in [0.717, 1.165) is 48.8 Å². The van der Waals surface area contributed by atoms with Gasteiger partial charge in [-0.3, -0.25) is 9.69 Å². The fourth-order valence-corrected chi connectivity index (χ4v) is 6.29. The van der Waals surface area contributed by atoms with Gasteiger partial charge in [-0.25, -0.2) is 4.99 Å². The number of likely N-dealkylation sites (N-methyl/N-ethyl adjacent to an activating group) is 1. The summed E-state index contributed by atoms with van der Waals surface area (Å²) in [6, 6.07) is 11.9. The molecule has 0 aromatic heterocycles. The Balaban J connectivity index is 1.71. The normalized spacial score (nSPS) is 30.3. The van der Waals surface area contributed by atoms with Crippen LogP contribution in [0.25, 0.3) is 11.1 Å². The molecule has 1 amide bonds. The number of hydrogen-bond donors (Lipinski definition) is 1. The molecule has 1 aliphatic heterocycles. The number of aliphatic imine (C=N–C) groups is 1. The van der Waals surface area contributed by atoms with Crippen LogP contribution in [-0.4, -0.2) is 23.8 Å². The van der Waals surface area contributed by atoms with Crippen LogP contribution in [0, 0.1) is 11.3 Å². The lowest BCUT2D eigenvalue weighted by Crippen LogP contribution is -2.50. The van der Waals surface area contributed by atoms with Crippen molar-refractivity contribution in [2.75, 3.05) is 7.05 Å². The van der Waals surface area contributed by atoms with Crippen molar-refractivity contribution in [2.45, 2.75) is 44.6 Å². The van der Waals surface area contributed by atoms with Crippen LogP contribution in [0.15, 0.2) is 41.4 Å². The lowest BCUT2D eigenvalue weighted by Gasteiger charge is -2.45. The van der Waals surface area contributed by atoms with Crippen molar-refractivity contribution < 1.29 is 4.79 Å². The smallest absolute Gasteiger partial charge is 0.262 e. The first-order valence-electron chi connectivity index (χ1n) is 10.5. The third-order valence-corrected chi connectivity index (χ3v) is 7.90. The standard InChI is InChI=1S/C24H25Cl2N3O/c1-14-5-7-23(8-6-14)13-16-4-3-15(17-9-18(25)12-19(26)10-17)11-20(16)24(23)21(30)29(2)22(27)28-24/h3-4,9-12,14H,5-8,13H2,1-2H3,(H2,27,28). The van der Waals surface area contributed by atoms with E-state index in [1.54, 1.807) is 13.1 Å². The first-order valence-corrected chi connectivity index (χ1v) is 11.2. The third kappa shape index (κ3) is 2.66. The number of carbonyl (C=O) groups is 1. The van der Waals surface area contributed by atoms with Gasteiger partial charge in [-0.1, -0.05) is 55.1 Å². The topological polar surface area (TPSA) is 58.7 Å². The van der Waals surface area contributed by atoms with Gasteiger partial charge in [-0.15, -0.1) is 0 Å². The average molecular weight is 442 g/mol. The van der Waals surface area contributed by atoms with Crippen molar-refractivity contribution in [1.29, 1.82) is 0 Å². The summed E-state index contributed by atoms with van der Waals surface area (Å²) in [6.45, 7) is 2.29. The molecule has 2 aromatic rings. The number of rotatable bonds is 1. The molecule has 1 heterocycles. The highest BCUT2D eigenvalue weighted by Gasteiger charge is 2.66. The molecule has 5 rings (SSSR count). The second-order valence-corrected chi connectivity index (χ2v) is 10.1. The summed E-state index contributed by atoms with van der Waals surface area (Å²) in [5.74, 6) is 0.979. The van der Waals surface area contributed by atoms with Crippen LogP contribution in [-0.2, 0) is 16.8 Å². The van der Waals surface area contributed by atoms with Crippen LogP contribution in [0.5, 0.6) is 0 Å². The average Bonchev–Trinajstić information content (AvgIpc) is 3.10.